The SMILES string of the molecule is [CH]1N=Nc2ccccc2N1. The van der Waals surface area contributed by atoms with Crippen LogP contribution >= 0.6 is 0 Å². The molecule has 1 aromatic rings. The molecule has 0 unspecified atom stereocenters. The van der Waals surface area contributed by atoms with Crippen LogP contribution in [0.3, 0.4) is 0 Å². The van der Waals surface area contributed by atoms with Crippen LogP contribution in [0.1, 0.15) is 0 Å². The van der Waals surface area contributed by atoms with Gasteiger partial charge in [0.2, 0.25) is 0 Å². The van der Waals surface area contributed by atoms with Crippen LogP contribution in [0.4, 0.5) is 11.4 Å². The third-order valence-corrected chi connectivity index (χ3v) is 1.35. The Bertz CT molecular complexity index is 267. The van der Waals surface area contributed by atoms with E-state index >= 15 is 0 Å². The fraction of sp³-hybridized carbons (Fsp3) is 0. The van der Waals surface area contributed by atoms with Gasteiger partial charge in [0, 0.05) is 0 Å². The van der Waals surface area contributed by atoms with E-state index in [0.29, 0.717) is 0 Å². The first-order valence-corrected chi connectivity index (χ1v) is 3.05. The van der Waals surface area contributed by atoms with Gasteiger partial charge in [0.05, 0.1) is 5.69 Å². The minimum absolute atomic E-state index is 0.894. The molecule has 0 saturated heterocycles. The topological polar surface area (TPSA) is 36.8 Å². The van der Waals surface area contributed by atoms with E-state index in [-0.39, 0.29) is 0 Å². The molecule has 0 spiro atoms. The lowest BCUT2D eigenvalue weighted by Crippen LogP contribution is -1.94. The average Bonchev–Trinajstić information content (AvgIpc) is 2.05. The Balaban J connectivity index is 2.54. The molecule has 1 aromatic carbocycles. The molecule has 10 heavy (non-hydrogen) atoms. The number of azo groups is 1. The molecule has 49 valence electrons. The van der Waals surface area contributed by atoms with Gasteiger partial charge in [-0.1, -0.05) is 12.1 Å². The molecule has 1 heterocycles. The van der Waals surface area contributed by atoms with E-state index in [1.54, 1.807) is 6.67 Å². The maximum atomic E-state index is 3.90. The molecule has 3 nitrogen and oxygen atoms in total. The zero-order chi connectivity index (χ0) is 6.81. The van der Waals surface area contributed by atoms with Crippen molar-refractivity contribution in [1.29, 1.82) is 0 Å². The summed E-state index contributed by atoms with van der Waals surface area (Å²) in [5.74, 6) is 0. The van der Waals surface area contributed by atoms with E-state index in [0.717, 1.165) is 11.4 Å². The summed E-state index contributed by atoms with van der Waals surface area (Å²) in [7, 11) is 0. The van der Waals surface area contributed by atoms with Crippen molar-refractivity contribution in [2.45, 2.75) is 0 Å². The first-order chi connectivity index (χ1) is 4.97. The van der Waals surface area contributed by atoms with Crippen LogP contribution in [0.5, 0.6) is 0 Å². The normalized spacial score (nSPS) is 14.0. The summed E-state index contributed by atoms with van der Waals surface area (Å²) in [6, 6.07) is 7.77. The van der Waals surface area contributed by atoms with Crippen molar-refractivity contribution >= 4 is 11.4 Å². The molecule has 0 aromatic heterocycles. The Morgan fingerprint density at radius 1 is 1.20 bits per heavy atom. The van der Waals surface area contributed by atoms with Crippen LogP contribution in [0, 0.1) is 6.67 Å². The highest BCUT2D eigenvalue weighted by Crippen LogP contribution is 2.27. The van der Waals surface area contributed by atoms with Gasteiger partial charge < -0.3 is 5.32 Å². The number of benzene rings is 1. The summed E-state index contributed by atoms with van der Waals surface area (Å²) in [5, 5.41) is 10.6. The molecule has 0 atom stereocenters. The van der Waals surface area contributed by atoms with Crippen LogP contribution in [0.15, 0.2) is 34.5 Å². The molecule has 2 rings (SSSR count). The van der Waals surface area contributed by atoms with E-state index < -0.39 is 0 Å². The van der Waals surface area contributed by atoms with Gasteiger partial charge in [-0.3, -0.25) is 0 Å². The van der Waals surface area contributed by atoms with Crippen LogP contribution in [0.25, 0.3) is 0 Å². The highest BCUT2D eigenvalue weighted by Gasteiger charge is 2.02. The van der Waals surface area contributed by atoms with E-state index in [2.05, 4.69) is 15.5 Å². The van der Waals surface area contributed by atoms with Gasteiger partial charge in [0.15, 0.2) is 6.67 Å². The lowest BCUT2D eigenvalue weighted by Gasteiger charge is -2.08. The summed E-state index contributed by atoms with van der Waals surface area (Å²) in [6.45, 7) is 1.57. The van der Waals surface area contributed by atoms with Crippen molar-refractivity contribution < 1.29 is 0 Å². The van der Waals surface area contributed by atoms with Crippen molar-refractivity contribution in [3.63, 3.8) is 0 Å². The van der Waals surface area contributed by atoms with Gasteiger partial charge in [0.1, 0.15) is 5.69 Å². The molecule has 0 aliphatic carbocycles. The first kappa shape index (κ1) is 5.41. The fourth-order valence-corrected chi connectivity index (χ4v) is 0.872. The van der Waals surface area contributed by atoms with Crippen molar-refractivity contribution in [2.24, 2.45) is 10.2 Å². The smallest absolute Gasteiger partial charge is 0.183 e. The summed E-state index contributed by atoms with van der Waals surface area (Å²) < 4.78 is 0. The number of nitrogens with zero attached hydrogens (tertiary/aromatic N) is 2. The Morgan fingerprint density at radius 3 is 3.00 bits per heavy atom. The predicted octanol–water partition coefficient (Wildman–Crippen LogP) is 2.32. The minimum Gasteiger partial charge on any atom is -0.357 e. The largest absolute Gasteiger partial charge is 0.357 e. The third-order valence-electron chi connectivity index (χ3n) is 1.35. The minimum atomic E-state index is 0.894. The molecule has 0 fully saturated rings. The molecule has 0 amide bonds. The van der Waals surface area contributed by atoms with Gasteiger partial charge in [-0.25, -0.2) is 0 Å². The summed E-state index contributed by atoms with van der Waals surface area (Å²) >= 11 is 0. The number of para-hydroxylation sites is 1. The Morgan fingerprint density at radius 2 is 2.10 bits per heavy atom. The Kier molecular flexibility index (Phi) is 1.13. The van der Waals surface area contributed by atoms with E-state index in [1.165, 1.54) is 0 Å². The lowest BCUT2D eigenvalue weighted by molar-refractivity contribution is 1.09. The van der Waals surface area contributed by atoms with Crippen molar-refractivity contribution in [3.05, 3.63) is 30.9 Å². The standard InChI is InChI=1S/C7H6N3/c1-2-4-7-6(3-1)8-5-9-10-7/h1-5,8H. The molecular formula is C7H6N3. The van der Waals surface area contributed by atoms with Crippen molar-refractivity contribution in [1.82, 2.24) is 0 Å². The molecule has 1 radical (unpaired) electrons. The molecule has 1 N–H and O–H groups in total. The second-order valence-corrected chi connectivity index (χ2v) is 2.01. The van der Waals surface area contributed by atoms with Gasteiger partial charge in [-0.15, -0.1) is 0 Å². The van der Waals surface area contributed by atoms with Gasteiger partial charge in [0.25, 0.3) is 0 Å². The summed E-state index contributed by atoms with van der Waals surface area (Å²) in [4.78, 5) is 0. The maximum absolute atomic E-state index is 3.90. The van der Waals surface area contributed by atoms with E-state index in [4.69, 9.17) is 0 Å². The molecule has 0 bridgehead atoms. The van der Waals surface area contributed by atoms with Gasteiger partial charge >= 0.3 is 0 Å². The molecule has 3 heteroatoms. The van der Waals surface area contributed by atoms with E-state index in [9.17, 15) is 0 Å². The number of rotatable bonds is 0. The van der Waals surface area contributed by atoms with Crippen LogP contribution < -0.4 is 5.32 Å². The summed E-state index contributed by atoms with van der Waals surface area (Å²) in [6.07, 6.45) is 0. The highest BCUT2D eigenvalue weighted by atomic mass is 15.2. The second-order valence-electron chi connectivity index (χ2n) is 2.01. The number of hydrogen-bond acceptors (Lipinski definition) is 3. The highest BCUT2D eigenvalue weighted by molar-refractivity contribution is 5.66. The lowest BCUT2D eigenvalue weighted by atomic mass is 10.3. The average molecular weight is 132 g/mol. The molecule has 1 aliphatic rings. The maximum Gasteiger partial charge on any atom is 0.183 e. The number of anilines is 1. The Hall–Kier alpha value is -1.38. The number of hydrogen-bond donors (Lipinski definition) is 1. The van der Waals surface area contributed by atoms with Gasteiger partial charge in [-0.2, -0.15) is 10.2 Å². The molecule has 1 aliphatic heterocycles. The molecule has 0 saturated carbocycles. The van der Waals surface area contributed by atoms with Crippen LogP contribution in [-0.4, -0.2) is 0 Å². The molecular weight excluding hydrogens is 126 g/mol. The zero-order valence-corrected chi connectivity index (χ0v) is 5.28. The van der Waals surface area contributed by atoms with Gasteiger partial charge in [-0.05, 0) is 12.1 Å². The van der Waals surface area contributed by atoms with Crippen molar-refractivity contribution in [2.75, 3.05) is 5.32 Å². The van der Waals surface area contributed by atoms with Crippen LogP contribution in [-0.2, 0) is 0 Å². The van der Waals surface area contributed by atoms with Crippen molar-refractivity contribution in [3.8, 4) is 0 Å². The van der Waals surface area contributed by atoms with E-state index in [1.807, 2.05) is 24.3 Å². The third kappa shape index (κ3) is 0.757. The van der Waals surface area contributed by atoms with Crippen LogP contribution in [0.2, 0.25) is 0 Å². The number of fused-ring (bicyclic) bond motifs is 1. The fourth-order valence-electron chi connectivity index (χ4n) is 0.872. The Labute approximate surface area is 58.8 Å². The summed E-state index contributed by atoms with van der Waals surface area (Å²) in [5.41, 5.74) is 1.91. The first-order valence-electron chi connectivity index (χ1n) is 3.05. The monoisotopic (exact) mass is 132 g/mol. The second kappa shape index (κ2) is 2.10. The zero-order valence-electron chi connectivity index (χ0n) is 5.28. The number of nitrogens with one attached hydrogen (secondary N) is 1. The quantitative estimate of drug-likeness (QED) is 0.577. The predicted molar refractivity (Wildman–Crippen MR) is 38.9 cm³/mol.